The summed E-state index contributed by atoms with van der Waals surface area (Å²) in [5.74, 6) is 0.683. The van der Waals surface area contributed by atoms with E-state index in [-0.39, 0.29) is 0 Å². The van der Waals surface area contributed by atoms with Gasteiger partial charge in [0.25, 0.3) is 0 Å². The molecule has 1 heterocycles. The molecule has 0 unspecified atom stereocenters. The fourth-order valence-electron chi connectivity index (χ4n) is 2.56. The Morgan fingerprint density at radius 1 is 0.900 bits per heavy atom. The van der Waals surface area contributed by atoms with Gasteiger partial charge in [0.2, 0.25) is 5.89 Å². The van der Waals surface area contributed by atoms with Gasteiger partial charge in [-0.2, -0.15) is 0 Å². The Morgan fingerprint density at radius 3 is 2.70 bits per heavy atom. The summed E-state index contributed by atoms with van der Waals surface area (Å²) in [5, 5.41) is 2.36. The maximum Gasteiger partial charge on any atom is 0.227 e. The third-order valence-corrected chi connectivity index (χ3v) is 3.56. The monoisotopic (exact) mass is 259 g/mol. The highest BCUT2D eigenvalue weighted by Gasteiger charge is 2.10. The second kappa shape index (κ2) is 4.20. The molecule has 0 atom stereocenters. The molecule has 0 saturated carbocycles. The van der Waals surface area contributed by atoms with Gasteiger partial charge in [-0.25, -0.2) is 4.98 Å². The van der Waals surface area contributed by atoms with Crippen LogP contribution in [0.3, 0.4) is 0 Å². The summed E-state index contributed by atoms with van der Waals surface area (Å²) >= 11 is 0. The van der Waals surface area contributed by atoms with Crippen LogP contribution in [0.2, 0.25) is 0 Å². The Labute approximate surface area is 116 Å². The molecule has 0 aliphatic heterocycles. The number of rotatable bonds is 1. The summed E-state index contributed by atoms with van der Waals surface area (Å²) in [6.45, 7) is 2.06. The summed E-state index contributed by atoms with van der Waals surface area (Å²) in [7, 11) is 0. The van der Waals surface area contributed by atoms with Crippen molar-refractivity contribution in [2.45, 2.75) is 6.92 Å². The maximum absolute atomic E-state index is 5.91. The van der Waals surface area contributed by atoms with Crippen LogP contribution in [-0.2, 0) is 0 Å². The Bertz CT molecular complexity index is 916. The number of aryl methyl sites for hydroxylation is 1. The van der Waals surface area contributed by atoms with Crippen LogP contribution in [0.5, 0.6) is 0 Å². The van der Waals surface area contributed by atoms with Crippen LogP contribution in [0, 0.1) is 6.92 Å². The van der Waals surface area contributed by atoms with Crippen molar-refractivity contribution < 1.29 is 4.42 Å². The van der Waals surface area contributed by atoms with Gasteiger partial charge in [-0.15, -0.1) is 0 Å². The molecule has 0 amide bonds. The summed E-state index contributed by atoms with van der Waals surface area (Å²) in [6.07, 6.45) is 0. The van der Waals surface area contributed by atoms with Crippen molar-refractivity contribution in [1.29, 1.82) is 0 Å². The molecule has 0 aliphatic rings. The largest absolute Gasteiger partial charge is 0.436 e. The molecule has 3 aromatic carbocycles. The Balaban J connectivity index is 2.01. The van der Waals surface area contributed by atoms with E-state index in [1.165, 1.54) is 16.3 Å². The van der Waals surface area contributed by atoms with Gasteiger partial charge in [0.15, 0.2) is 5.58 Å². The topological polar surface area (TPSA) is 26.0 Å². The third kappa shape index (κ3) is 1.69. The second-order valence-corrected chi connectivity index (χ2v) is 5.02. The van der Waals surface area contributed by atoms with Crippen LogP contribution in [0.25, 0.3) is 33.3 Å². The zero-order valence-corrected chi connectivity index (χ0v) is 11.1. The smallest absolute Gasteiger partial charge is 0.227 e. The molecule has 0 saturated heterocycles. The predicted octanol–water partition coefficient (Wildman–Crippen LogP) is 4.96. The fourth-order valence-corrected chi connectivity index (χ4v) is 2.56. The minimum atomic E-state index is 0.683. The highest BCUT2D eigenvalue weighted by atomic mass is 16.3. The van der Waals surface area contributed by atoms with Crippen LogP contribution in [0.1, 0.15) is 5.56 Å². The average Bonchev–Trinajstić information content (AvgIpc) is 2.89. The average molecular weight is 259 g/mol. The minimum Gasteiger partial charge on any atom is -0.436 e. The normalized spacial score (nSPS) is 11.2. The Kier molecular flexibility index (Phi) is 2.36. The number of hydrogen-bond donors (Lipinski definition) is 0. The van der Waals surface area contributed by atoms with E-state index < -0.39 is 0 Å². The van der Waals surface area contributed by atoms with E-state index in [9.17, 15) is 0 Å². The molecule has 0 N–H and O–H groups in total. The van der Waals surface area contributed by atoms with Gasteiger partial charge in [0.1, 0.15) is 5.52 Å². The maximum atomic E-state index is 5.91. The fraction of sp³-hybridized carbons (Fsp3) is 0.0556. The Morgan fingerprint density at radius 2 is 1.75 bits per heavy atom. The zero-order chi connectivity index (χ0) is 13.5. The molecular formula is C18H13NO. The van der Waals surface area contributed by atoms with Crippen LogP contribution < -0.4 is 0 Å². The highest BCUT2D eigenvalue weighted by molar-refractivity contribution is 5.95. The van der Waals surface area contributed by atoms with Crippen molar-refractivity contribution in [3.8, 4) is 11.5 Å². The first-order valence-electron chi connectivity index (χ1n) is 6.66. The predicted molar refractivity (Wildman–Crippen MR) is 81.7 cm³/mol. The first-order chi connectivity index (χ1) is 9.81. The molecule has 1 aromatic heterocycles. The lowest BCUT2D eigenvalue weighted by atomic mass is 10.0. The van der Waals surface area contributed by atoms with Gasteiger partial charge in [0, 0.05) is 5.56 Å². The van der Waals surface area contributed by atoms with Crippen LogP contribution in [0.4, 0.5) is 0 Å². The number of aromatic nitrogens is 1. The standard InChI is InChI=1S/C18H13NO/c1-12-9-10-17-16(11-12)19-18(20-17)15-8-4-6-13-5-2-3-7-14(13)15/h2-11H,1H3. The number of fused-ring (bicyclic) bond motifs is 2. The number of oxazole rings is 1. The molecule has 0 radical (unpaired) electrons. The quantitative estimate of drug-likeness (QED) is 0.483. The summed E-state index contributed by atoms with van der Waals surface area (Å²) in [6, 6.07) is 20.6. The van der Waals surface area contributed by atoms with Gasteiger partial charge in [0.05, 0.1) is 0 Å². The van der Waals surface area contributed by atoms with Crippen molar-refractivity contribution in [3.63, 3.8) is 0 Å². The van der Waals surface area contributed by atoms with Crippen molar-refractivity contribution >= 4 is 21.9 Å². The van der Waals surface area contributed by atoms with Crippen molar-refractivity contribution in [1.82, 2.24) is 4.98 Å². The molecule has 20 heavy (non-hydrogen) atoms. The van der Waals surface area contributed by atoms with E-state index in [4.69, 9.17) is 4.42 Å². The summed E-state index contributed by atoms with van der Waals surface area (Å²) in [5.41, 5.74) is 3.97. The molecule has 4 aromatic rings. The van der Waals surface area contributed by atoms with E-state index in [1.54, 1.807) is 0 Å². The van der Waals surface area contributed by atoms with Crippen molar-refractivity contribution in [2.75, 3.05) is 0 Å². The molecule has 0 bridgehead atoms. The third-order valence-electron chi connectivity index (χ3n) is 3.56. The van der Waals surface area contributed by atoms with Gasteiger partial charge >= 0.3 is 0 Å². The molecular weight excluding hydrogens is 246 g/mol. The van der Waals surface area contributed by atoms with E-state index in [2.05, 4.69) is 36.2 Å². The van der Waals surface area contributed by atoms with Crippen molar-refractivity contribution in [2.24, 2.45) is 0 Å². The number of benzene rings is 3. The van der Waals surface area contributed by atoms with E-state index in [0.717, 1.165) is 16.7 Å². The second-order valence-electron chi connectivity index (χ2n) is 5.02. The molecule has 4 rings (SSSR count). The lowest BCUT2D eigenvalue weighted by Crippen LogP contribution is -1.80. The van der Waals surface area contributed by atoms with E-state index in [0.29, 0.717) is 5.89 Å². The molecule has 0 spiro atoms. The first kappa shape index (κ1) is 11.2. The van der Waals surface area contributed by atoms with Gasteiger partial charge in [-0.3, -0.25) is 0 Å². The lowest BCUT2D eigenvalue weighted by Gasteiger charge is -2.01. The number of nitrogens with zero attached hydrogens (tertiary/aromatic N) is 1. The van der Waals surface area contributed by atoms with Gasteiger partial charge < -0.3 is 4.42 Å². The number of hydrogen-bond acceptors (Lipinski definition) is 2. The van der Waals surface area contributed by atoms with Crippen LogP contribution >= 0.6 is 0 Å². The zero-order valence-electron chi connectivity index (χ0n) is 11.1. The molecule has 0 fully saturated rings. The minimum absolute atomic E-state index is 0.683. The summed E-state index contributed by atoms with van der Waals surface area (Å²) < 4.78 is 5.91. The van der Waals surface area contributed by atoms with Crippen LogP contribution in [0.15, 0.2) is 65.1 Å². The van der Waals surface area contributed by atoms with Gasteiger partial charge in [-0.05, 0) is 41.5 Å². The summed E-state index contributed by atoms with van der Waals surface area (Å²) in [4.78, 5) is 4.63. The van der Waals surface area contributed by atoms with Crippen molar-refractivity contribution in [3.05, 3.63) is 66.2 Å². The first-order valence-corrected chi connectivity index (χ1v) is 6.66. The van der Waals surface area contributed by atoms with E-state index >= 15 is 0 Å². The molecule has 2 heteroatoms. The molecule has 0 aliphatic carbocycles. The lowest BCUT2D eigenvalue weighted by molar-refractivity contribution is 0.620. The molecule has 96 valence electrons. The van der Waals surface area contributed by atoms with Gasteiger partial charge in [-0.1, -0.05) is 42.5 Å². The molecule has 2 nitrogen and oxygen atoms in total. The highest BCUT2D eigenvalue weighted by Crippen LogP contribution is 2.30. The Hall–Kier alpha value is -2.61. The van der Waals surface area contributed by atoms with E-state index in [1.807, 2.05) is 36.4 Å². The SMILES string of the molecule is Cc1ccc2oc(-c3cccc4ccccc34)nc2c1. The van der Waals surface area contributed by atoms with Crippen LogP contribution in [-0.4, -0.2) is 4.98 Å².